The fourth-order valence-electron chi connectivity index (χ4n) is 3.15. The van der Waals surface area contributed by atoms with Gasteiger partial charge in [-0.25, -0.2) is 4.79 Å². The highest BCUT2D eigenvalue weighted by Gasteiger charge is 2.11. The second-order valence-corrected chi connectivity index (χ2v) is 6.65. The van der Waals surface area contributed by atoms with Gasteiger partial charge in [-0.2, -0.15) is 5.21 Å². The van der Waals surface area contributed by atoms with E-state index in [4.69, 9.17) is 4.74 Å². The normalized spacial score (nSPS) is 10.8. The van der Waals surface area contributed by atoms with Crippen molar-refractivity contribution in [1.29, 1.82) is 0 Å². The number of nitrogens with one attached hydrogen (secondary N) is 4. The lowest BCUT2D eigenvalue weighted by molar-refractivity contribution is 0.102. The molecule has 10 nitrogen and oxygen atoms in total. The summed E-state index contributed by atoms with van der Waals surface area (Å²) >= 11 is 0. The third-order valence-electron chi connectivity index (χ3n) is 4.59. The van der Waals surface area contributed by atoms with Crippen LogP contribution in [0.1, 0.15) is 10.4 Å². The van der Waals surface area contributed by atoms with Gasteiger partial charge in [0.25, 0.3) is 5.91 Å². The molecule has 152 valence electrons. The Kier molecular flexibility index (Phi) is 4.49. The van der Waals surface area contributed by atoms with Crippen molar-refractivity contribution in [1.82, 2.24) is 30.6 Å². The number of rotatable bonds is 5. The summed E-state index contributed by atoms with van der Waals surface area (Å²) in [6.45, 7) is 0. The molecule has 5 rings (SSSR count). The smallest absolute Gasteiger partial charge is 0.323 e. The molecule has 2 aromatic heterocycles. The van der Waals surface area contributed by atoms with Gasteiger partial charge in [-0.3, -0.25) is 4.79 Å². The van der Waals surface area contributed by atoms with Crippen molar-refractivity contribution in [3.8, 4) is 22.9 Å². The number of amides is 1. The van der Waals surface area contributed by atoms with E-state index in [0.29, 0.717) is 39.6 Å². The fourth-order valence-corrected chi connectivity index (χ4v) is 3.15. The predicted octanol–water partition coefficient (Wildman–Crippen LogP) is 3.08. The number of aromatic nitrogens is 6. The van der Waals surface area contributed by atoms with Crippen molar-refractivity contribution in [2.45, 2.75) is 0 Å². The lowest BCUT2D eigenvalue weighted by Gasteiger charge is -2.09. The number of hydrogen-bond donors (Lipinski definition) is 4. The topological polar surface area (TPSA) is 141 Å². The fraction of sp³-hybridized carbons (Fsp3) is 0. The predicted molar refractivity (Wildman–Crippen MR) is 113 cm³/mol. The lowest BCUT2D eigenvalue weighted by Crippen LogP contribution is -2.12. The summed E-state index contributed by atoms with van der Waals surface area (Å²) < 4.78 is 5.87. The van der Waals surface area contributed by atoms with Crippen molar-refractivity contribution in [2.75, 3.05) is 5.32 Å². The molecule has 0 spiro atoms. The molecule has 0 bridgehead atoms. The van der Waals surface area contributed by atoms with Crippen LogP contribution in [-0.4, -0.2) is 36.5 Å². The van der Waals surface area contributed by atoms with E-state index in [1.807, 2.05) is 12.1 Å². The van der Waals surface area contributed by atoms with Crippen LogP contribution in [-0.2, 0) is 0 Å². The molecule has 2 heterocycles. The molecule has 0 saturated carbocycles. The van der Waals surface area contributed by atoms with E-state index in [-0.39, 0.29) is 11.6 Å². The van der Waals surface area contributed by atoms with E-state index in [0.717, 1.165) is 5.56 Å². The summed E-state index contributed by atoms with van der Waals surface area (Å²) in [5.41, 5.74) is 2.53. The number of tetrazole rings is 1. The van der Waals surface area contributed by atoms with E-state index in [2.05, 4.69) is 35.9 Å². The quantitative estimate of drug-likeness (QED) is 0.349. The Labute approximate surface area is 174 Å². The van der Waals surface area contributed by atoms with E-state index in [1.165, 1.54) is 0 Å². The summed E-state index contributed by atoms with van der Waals surface area (Å²) in [7, 11) is 0. The summed E-state index contributed by atoms with van der Waals surface area (Å²) in [5.74, 6) is 1.27. The molecular formula is C21H15N7O3. The molecule has 0 atom stereocenters. The minimum atomic E-state index is -0.336. The van der Waals surface area contributed by atoms with Gasteiger partial charge < -0.3 is 20.0 Å². The summed E-state index contributed by atoms with van der Waals surface area (Å²) in [6.07, 6.45) is 0. The first-order valence-corrected chi connectivity index (χ1v) is 9.30. The van der Waals surface area contributed by atoms with Gasteiger partial charge in [-0.15, -0.1) is 10.2 Å². The third-order valence-corrected chi connectivity index (χ3v) is 4.59. The van der Waals surface area contributed by atoms with Crippen LogP contribution in [0.2, 0.25) is 0 Å². The van der Waals surface area contributed by atoms with Gasteiger partial charge in [-0.05, 0) is 59.8 Å². The number of nitrogens with zero attached hydrogens (tertiary/aromatic N) is 3. The Bertz CT molecular complexity index is 1420. The van der Waals surface area contributed by atoms with Crippen LogP contribution in [0.25, 0.3) is 22.4 Å². The minimum absolute atomic E-state index is 0.326. The van der Waals surface area contributed by atoms with Crippen LogP contribution < -0.4 is 15.7 Å². The number of hydrogen-bond acceptors (Lipinski definition) is 6. The molecule has 4 N–H and O–H groups in total. The van der Waals surface area contributed by atoms with Gasteiger partial charge in [0.15, 0.2) is 0 Å². The standard InChI is InChI=1S/C21H15N7O3/c29-20(22-16-5-2-6-17-18(16)24-21(30)23-17)13-3-1-4-15(11-13)31-14-9-7-12(8-10-14)19-25-27-28-26-19/h1-11H,(H,22,29)(H2,23,24,30)(H,25,26,27,28). The summed E-state index contributed by atoms with van der Waals surface area (Å²) in [6, 6.07) is 19.2. The molecule has 0 aliphatic heterocycles. The number of carbonyl (C=O) groups is 1. The highest BCUT2D eigenvalue weighted by Crippen LogP contribution is 2.25. The Morgan fingerprint density at radius 3 is 2.58 bits per heavy atom. The average Bonchev–Trinajstić information content (AvgIpc) is 3.44. The first-order chi connectivity index (χ1) is 15.2. The molecule has 5 aromatic rings. The zero-order chi connectivity index (χ0) is 21.2. The van der Waals surface area contributed by atoms with Gasteiger partial charge in [0.2, 0.25) is 5.82 Å². The van der Waals surface area contributed by atoms with E-state index >= 15 is 0 Å². The molecule has 0 fully saturated rings. The maximum atomic E-state index is 12.8. The largest absolute Gasteiger partial charge is 0.457 e. The van der Waals surface area contributed by atoms with Gasteiger partial charge >= 0.3 is 5.69 Å². The van der Waals surface area contributed by atoms with Crippen LogP contribution in [0.3, 0.4) is 0 Å². The molecule has 0 aliphatic rings. The van der Waals surface area contributed by atoms with Crippen LogP contribution in [0.4, 0.5) is 5.69 Å². The maximum absolute atomic E-state index is 12.8. The molecule has 31 heavy (non-hydrogen) atoms. The van der Waals surface area contributed by atoms with Crippen molar-refractivity contribution >= 4 is 22.6 Å². The minimum Gasteiger partial charge on any atom is -0.457 e. The summed E-state index contributed by atoms with van der Waals surface area (Å²) in [5, 5.41) is 16.6. The number of benzene rings is 3. The Hall–Kier alpha value is -4.73. The Morgan fingerprint density at radius 1 is 0.935 bits per heavy atom. The number of fused-ring (bicyclic) bond motifs is 1. The van der Waals surface area contributed by atoms with E-state index in [9.17, 15) is 9.59 Å². The van der Waals surface area contributed by atoms with Crippen LogP contribution in [0.15, 0.2) is 71.5 Å². The molecular weight excluding hydrogens is 398 g/mol. The second-order valence-electron chi connectivity index (χ2n) is 6.65. The molecule has 0 aliphatic carbocycles. The molecule has 3 aromatic carbocycles. The van der Waals surface area contributed by atoms with Gasteiger partial charge in [-0.1, -0.05) is 12.1 Å². The van der Waals surface area contributed by atoms with Crippen LogP contribution >= 0.6 is 0 Å². The monoisotopic (exact) mass is 413 g/mol. The van der Waals surface area contributed by atoms with Crippen LogP contribution in [0.5, 0.6) is 11.5 Å². The zero-order valence-electron chi connectivity index (χ0n) is 15.9. The first-order valence-electron chi connectivity index (χ1n) is 9.30. The first kappa shape index (κ1) is 18.3. The number of ether oxygens (including phenoxy) is 1. The number of H-pyrrole nitrogens is 3. The summed E-state index contributed by atoms with van der Waals surface area (Å²) in [4.78, 5) is 29.6. The number of para-hydroxylation sites is 1. The number of anilines is 1. The maximum Gasteiger partial charge on any atom is 0.323 e. The lowest BCUT2D eigenvalue weighted by atomic mass is 10.2. The Morgan fingerprint density at radius 2 is 1.77 bits per heavy atom. The van der Waals surface area contributed by atoms with Crippen LogP contribution in [0, 0.1) is 0 Å². The van der Waals surface area contributed by atoms with Gasteiger partial charge in [0.05, 0.1) is 16.7 Å². The second kappa shape index (κ2) is 7.59. The number of carbonyl (C=O) groups excluding carboxylic acids is 1. The number of aromatic amines is 3. The van der Waals surface area contributed by atoms with Crippen molar-refractivity contribution < 1.29 is 9.53 Å². The molecule has 1 amide bonds. The number of imidazole rings is 1. The Balaban J connectivity index is 1.33. The van der Waals surface area contributed by atoms with Gasteiger partial charge in [0.1, 0.15) is 11.5 Å². The van der Waals surface area contributed by atoms with Crippen molar-refractivity contribution in [3.63, 3.8) is 0 Å². The molecule has 10 heteroatoms. The molecule has 0 unspecified atom stereocenters. The molecule has 0 radical (unpaired) electrons. The van der Waals surface area contributed by atoms with Gasteiger partial charge in [0, 0.05) is 11.1 Å². The highest BCUT2D eigenvalue weighted by molar-refractivity contribution is 6.08. The highest BCUT2D eigenvalue weighted by atomic mass is 16.5. The van der Waals surface area contributed by atoms with E-state index in [1.54, 1.807) is 54.6 Å². The third kappa shape index (κ3) is 3.77. The average molecular weight is 413 g/mol. The van der Waals surface area contributed by atoms with Crippen molar-refractivity contribution in [2.24, 2.45) is 0 Å². The van der Waals surface area contributed by atoms with E-state index < -0.39 is 0 Å². The van der Waals surface area contributed by atoms with Crippen molar-refractivity contribution in [3.05, 3.63) is 82.8 Å². The SMILES string of the molecule is O=C(Nc1cccc2[nH]c(=O)[nH]c12)c1cccc(Oc2ccc(-c3nn[nH]n3)cc2)c1. The molecule has 0 saturated heterocycles. The zero-order valence-corrected chi connectivity index (χ0v) is 15.9.